The number of hydrogen-bond acceptors (Lipinski definition) is 4. The van der Waals surface area contributed by atoms with Crippen molar-refractivity contribution < 1.29 is 20.1 Å². The van der Waals surface area contributed by atoms with Crippen molar-refractivity contribution in [3.05, 3.63) is 35.9 Å². The fraction of sp³-hybridized carbons (Fsp3) is 0.417. The van der Waals surface area contributed by atoms with E-state index in [1.54, 1.807) is 0 Å². The zero-order valence-electron chi connectivity index (χ0n) is 9.91. The predicted molar refractivity (Wildman–Crippen MR) is 66.1 cm³/mol. The molecular weight excluding hydrogens is 236 g/mol. The lowest BCUT2D eigenvalue weighted by molar-refractivity contribution is 0.0958. The third-order valence-electron chi connectivity index (χ3n) is 2.47. The normalized spacial score (nSPS) is 13.9. The molecule has 1 aromatic carbocycles. The van der Waals surface area contributed by atoms with Crippen molar-refractivity contribution in [3.8, 4) is 0 Å². The second kappa shape index (κ2) is 7.65. The van der Waals surface area contributed by atoms with Crippen molar-refractivity contribution in [2.45, 2.75) is 18.7 Å². The number of aliphatic hydroxyl groups excluding tert-OH is 2. The maximum atomic E-state index is 10.2. The van der Waals surface area contributed by atoms with Gasteiger partial charge in [-0.05, 0) is 5.56 Å². The molecule has 0 aliphatic carbocycles. The molecule has 0 saturated carbocycles. The molecule has 0 aliphatic rings. The SMILES string of the molecule is O=C(O)NCCC(O)N[C@H](CO)c1ccccc1. The lowest BCUT2D eigenvalue weighted by Gasteiger charge is -2.21. The highest BCUT2D eigenvalue weighted by Gasteiger charge is 2.14. The van der Waals surface area contributed by atoms with Crippen LogP contribution < -0.4 is 10.6 Å². The van der Waals surface area contributed by atoms with E-state index in [0.717, 1.165) is 5.56 Å². The van der Waals surface area contributed by atoms with Gasteiger partial charge in [0.05, 0.1) is 12.6 Å². The van der Waals surface area contributed by atoms with Crippen LogP contribution in [0, 0.1) is 0 Å². The van der Waals surface area contributed by atoms with Gasteiger partial charge < -0.3 is 20.6 Å². The van der Waals surface area contributed by atoms with E-state index in [-0.39, 0.29) is 25.6 Å². The van der Waals surface area contributed by atoms with Gasteiger partial charge in [0, 0.05) is 13.0 Å². The highest BCUT2D eigenvalue weighted by molar-refractivity contribution is 5.64. The summed E-state index contributed by atoms with van der Waals surface area (Å²) >= 11 is 0. The van der Waals surface area contributed by atoms with Gasteiger partial charge in [-0.25, -0.2) is 4.79 Å². The summed E-state index contributed by atoms with van der Waals surface area (Å²) in [6.45, 7) is 0.00384. The minimum absolute atomic E-state index is 0.145. The zero-order chi connectivity index (χ0) is 13.4. The van der Waals surface area contributed by atoms with Gasteiger partial charge in [0.25, 0.3) is 0 Å². The minimum Gasteiger partial charge on any atom is -0.465 e. The topological polar surface area (TPSA) is 102 Å². The molecule has 6 nitrogen and oxygen atoms in total. The Morgan fingerprint density at radius 1 is 1.28 bits per heavy atom. The molecule has 1 aromatic rings. The molecule has 0 aliphatic heterocycles. The van der Waals surface area contributed by atoms with Gasteiger partial charge >= 0.3 is 6.09 Å². The van der Waals surface area contributed by atoms with Crippen LogP contribution in [0.3, 0.4) is 0 Å². The Labute approximate surface area is 105 Å². The highest BCUT2D eigenvalue weighted by atomic mass is 16.4. The van der Waals surface area contributed by atoms with Gasteiger partial charge in [-0.15, -0.1) is 0 Å². The van der Waals surface area contributed by atoms with Gasteiger partial charge in [-0.3, -0.25) is 5.32 Å². The lowest BCUT2D eigenvalue weighted by atomic mass is 10.1. The van der Waals surface area contributed by atoms with Crippen LogP contribution in [-0.4, -0.2) is 40.8 Å². The number of aliphatic hydroxyl groups is 2. The summed E-state index contributed by atoms with van der Waals surface area (Å²) < 4.78 is 0. The van der Waals surface area contributed by atoms with Gasteiger partial charge in [-0.2, -0.15) is 0 Å². The van der Waals surface area contributed by atoms with E-state index in [1.165, 1.54) is 0 Å². The van der Waals surface area contributed by atoms with Crippen LogP contribution in [0.2, 0.25) is 0 Å². The fourth-order valence-corrected chi connectivity index (χ4v) is 1.57. The van der Waals surface area contributed by atoms with E-state index in [9.17, 15) is 15.0 Å². The Morgan fingerprint density at radius 2 is 1.94 bits per heavy atom. The van der Waals surface area contributed by atoms with Crippen molar-refractivity contribution in [2.75, 3.05) is 13.2 Å². The third kappa shape index (κ3) is 5.13. The second-order valence-corrected chi connectivity index (χ2v) is 3.85. The van der Waals surface area contributed by atoms with E-state index < -0.39 is 12.3 Å². The molecule has 0 fully saturated rings. The smallest absolute Gasteiger partial charge is 0.404 e. The first-order chi connectivity index (χ1) is 8.63. The maximum Gasteiger partial charge on any atom is 0.404 e. The van der Waals surface area contributed by atoms with E-state index in [0.29, 0.717) is 0 Å². The average Bonchev–Trinajstić information content (AvgIpc) is 2.36. The highest BCUT2D eigenvalue weighted by Crippen LogP contribution is 2.12. The molecule has 0 bridgehead atoms. The Hall–Kier alpha value is -1.63. The monoisotopic (exact) mass is 254 g/mol. The van der Waals surface area contributed by atoms with Crippen LogP contribution in [0.5, 0.6) is 0 Å². The summed E-state index contributed by atoms with van der Waals surface area (Å²) in [6.07, 6.45) is -1.77. The molecule has 1 unspecified atom stereocenters. The number of carbonyl (C=O) groups is 1. The molecule has 6 heteroatoms. The van der Waals surface area contributed by atoms with Crippen LogP contribution in [0.4, 0.5) is 4.79 Å². The Bertz CT molecular complexity index is 358. The van der Waals surface area contributed by atoms with Crippen molar-refractivity contribution in [2.24, 2.45) is 0 Å². The lowest BCUT2D eigenvalue weighted by Crippen LogP contribution is -2.37. The molecular formula is C12H18N2O4. The molecule has 0 spiro atoms. The molecule has 1 rings (SSSR count). The molecule has 1 amide bonds. The van der Waals surface area contributed by atoms with Crippen molar-refractivity contribution in [1.29, 1.82) is 0 Å². The molecule has 2 atom stereocenters. The first kappa shape index (κ1) is 14.4. The molecule has 0 saturated heterocycles. The maximum absolute atomic E-state index is 10.2. The number of amides is 1. The summed E-state index contributed by atoms with van der Waals surface area (Å²) in [7, 11) is 0. The van der Waals surface area contributed by atoms with Crippen LogP contribution >= 0.6 is 0 Å². The largest absolute Gasteiger partial charge is 0.465 e. The quantitative estimate of drug-likeness (QED) is 0.450. The Morgan fingerprint density at radius 3 is 2.50 bits per heavy atom. The molecule has 0 radical (unpaired) electrons. The summed E-state index contributed by atoms with van der Waals surface area (Å²) in [5.41, 5.74) is 0.866. The van der Waals surface area contributed by atoms with Gasteiger partial charge in [0.1, 0.15) is 6.23 Å². The Balaban J connectivity index is 2.41. The number of hydrogen-bond donors (Lipinski definition) is 5. The van der Waals surface area contributed by atoms with E-state index in [4.69, 9.17) is 5.11 Å². The first-order valence-corrected chi connectivity index (χ1v) is 5.70. The summed E-state index contributed by atoms with van der Waals surface area (Å²) in [4.78, 5) is 10.2. The fourth-order valence-electron chi connectivity index (χ4n) is 1.57. The van der Waals surface area contributed by atoms with E-state index in [1.807, 2.05) is 30.3 Å². The standard InChI is InChI=1S/C12H18N2O4/c15-8-10(9-4-2-1-3-5-9)14-11(16)6-7-13-12(17)18/h1-5,10-11,13-16H,6-8H2,(H,17,18)/t10-,11?/m1/s1. The summed E-state index contributed by atoms with van der Waals surface area (Å²) in [5.74, 6) is 0. The average molecular weight is 254 g/mol. The minimum atomic E-state index is -1.12. The van der Waals surface area contributed by atoms with Crippen molar-refractivity contribution in [1.82, 2.24) is 10.6 Å². The van der Waals surface area contributed by atoms with E-state index in [2.05, 4.69) is 10.6 Å². The molecule has 18 heavy (non-hydrogen) atoms. The predicted octanol–water partition coefficient (Wildman–Crippen LogP) is 0.286. The third-order valence-corrected chi connectivity index (χ3v) is 2.47. The van der Waals surface area contributed by atoms with Gasteiger partial charge in [0.2, 0.25) is 0 Å². The van der Waals surface area contributed by atoms with E-state index >= 15 is 0 Å². The van der Waals surface area contributed by atoms with Crippen molar-refractivity contribution in [3.63, 3.8) is 0 Å². The van der Waals surface area contributed by atoms with Gasteiger partial charge in [-0.1, -0.05) is 30.3 Å². The molecule has 0 heterocycles. The summed E-state index contributed by atoms with van der Waals surface area (Å²) in [5, 5.41) is 32.3. The zero-order valence-corrected chi connectivity index (χ0v) is 9.91. The summed E-state index contributed by atoms with van der Waals surface area (Å²) in [6, 6.07) is 8.87. The van der Waals surface area contributed by atoms with Crippen molar-refractivity contribution >= 4 is 6.09 Å². The number of nitrogens with one attached hydrogen (secondary N) is 2. The first-order valence-electron chi connectivity index (χ1n) is 5.70. The molecule has 5 N–H and O–H groups in total. The van der Waals surface area contributed by atoms with Crippen LogP contribution in [0.15, 0.2) is 30.3 Å². The Kier molecular flexibility index (Phi) is 6.13. The number of rotatable bonds is 7. The van der Waals surface area contributed by atoms with Crippen LogP contribution in [0.1, 0.15) is 18.0 Å². The molecule has 100 valence electrons. The molecule has 0 aromatic heterocycles. The number of benzene rings is 1. The second-order valence-electron chi connectivity index (χ2n) is 3.85. The van der Waals surface area contributed by atoms with Gasteiger partial charge in [0.15, 0.2) is 0 Å². The van der Waals surface area contributed by atoms with Crippen LogP contribution in [0.25, 0.3) is 0 Å². The number of carboxylic acid groups (broad SMARTS) is 1. The van der Waals surface area contributed by atoms with Crippen LogP contribution in [-0.2, 0) is 0 Å².